The van der Waals surface area contributed by atoms with Crippen LogP contribution in [0.1, 0.15) is 13.3 Å². The predicted molar refractivity (Wildman–Crippen MR) is 92.6 cm³/mol. The van der Waals surface area contributed by atoms with Gasteiger partial charge in [-0.05, 0) is 66.5 Å². The average Bonchev–Trinajstić information content (AvgIpc) is 2.97. The molecular weight excluding hydrogens is 342 g/mol. The highest BCUT2D eigenvalue weighted by Gasteiger charge is 2.34. The third-order valence-electron chi connectivity index (χ3n) is 3.91. The van der Waals surface area contributed by atoms with E-state index in [1.165, 1.54) is 12.1 Å². The van der Waals surface area contributed by atoms with E-state index in [-0.39, 0.29) is 10.8 Å². The Balaban J connectivity index is 1.66. The van der Waals surface area contributed by atoms with Gasteiger partial charge in [-0.3, -0.25) is 9.00 Å². The summed E-state index contributed by atoms with van der Waals surface area (Å²) in [6.07, 6.45) is 0.0210. The molecule has 0 aliphatic carbocycles. The molecule has 6 nitrogen and oxygen atoms in total. The summed E-state index contributed by atoms with van der Waals surface area (Å²) < 4.78 is 33.0. The molecule has 0 radical (unpaired) electrons. The van der Waals surface area contributed by atoms with Crippen molar-refractivity contribution in [3.05, 3.63) is 48.5 Å². The fourth-order valence-corrected chi connectivity index (χ4v) is 3.06. The second-order valence-electron chi connectivity index (χ2n) is 5.52. The Morgan fingerprint density at radius 3 is 2.36 bits per heavy atom. The molecule has 0 bridgehead atoms. The first kappa shape index (κ1) is 17.4. The summed E-state index contributed by atoms with van der Waals surface area (Å²) in [5.74, 6) is 1.23. The molecule has 1 fully saturated rings. The van der Waals surface area contributed by atoms with Crippen molar-refractivity contribution in [2.75, 3.05) is 18.1 Å². The summed E-state index contributed by atoms with van der Waals surface area (Å²) in [5.41, 5.74) is 0.664. The Labute approximate surface area is 148 Å². The van der Waals surface area contributed by atoms with Crippen LogP contribution < -0.4 is 14.4 Å². The maximum atomic E-state index is 12.6. The van der Waals surface area contributed by atoms with Gasteiger partial charge in [-0.15, -0.1) is 0 Å². The van der Waals surface area contributed by atoms with Gasteiger partial charge >= 0.3 is 0 Å². The van der Waals surface area contributed by atoms with E-state index in [0.29, 0.717) is 31.0 Å². The third kappa shape index (κ3) is 4.00. The van der Waals surface area contributed by atoms with Gasteiger partial charge in [-0.1, -0.05) is 0 Å². The van der Waals surface area contributed by atoms with Gasteiger partial charge < -0.3 is 18.9 Å². The quantitative estimate of drug-likeness (QED) is 0.740. The summed E-state index contributed by atoms with van der Waals surface area (Å²) in [5, 5.41) is 0. The molecule has 2 atom stereocenters. The van der Waals surface area contributed by atoms with Crippen molar-refractivity contribution >= 4 is 22.7 Å². The zero-order valence-electron chi connectivity index (χ0n) is 13.7. The maximum Gasteiger partial charge on any atom is 0.268 e. The molecule has 7 heteroatoms. The second-order valence-corrected chi connectivity index (χ2v) is 6.46. The number of amides is 1. The normalized spacial score (nSPS) is 18.2. The molecule has 132 valence electrons. The molecule has 1 aliphatic rings. The maximum absolute atomic E-state index is 12.6. The molecule has 1 saturated heterocycles. The largest absolute Gasteiger partial charge is 0.768 e. The Morgan fingerprint density at radius 2 is 1.76 bits per heavy atom. The SMILES string of the molecule is CCOc1ccc(OC2CCN(c3ccc(S(=O)[O-])cc3)C2=O)cc1. The highest BCUT2D eigenvalue weighted by atomic mass is 32.2. The topological polar surface area (TPSA) is 78.9 Å². The van der Waals surface area contributed by atoms with E-state index in [2.05, 4.69) is 0 Å². The van der Waals surface area contributed by atoms with Crippen LogP contribution >= 0.6 is 0 Å². The van der Waals surface area contributed by atoms with Gasteiger partial charge in [0.2, 0.25) is 0 Å². The van der Waals surface area contributed by atoms with E-state index in [1.54, 1.807) is 41.3 Å². The lowest BCUT2D eigenvalue weighted by atomic mass is 10.3. The number of carbonyl (C=O) groups excluding carboxylic acids is 1. The van der Waals surface area contributed by atoms with Crippen LogP contribution in [-0.4, -0.2) is 33.9 Å². The fraction of sp³-hybridized carbons (Fsp3) is 0.278. The summed E-state index contributed by atoms with van der Waals surface area (Å²) >= 11 is -2.27. The van der Waals surface area contributed by atoms with Crippen molar-refractivity contribution in [3.63, 3.8) is 0 Å². The van der Waals surface area contributed by atoms with Crippen molar-refractivity contribution in [1.29, 1.82) is 0 Å². The molecule has 1 heterocycles. The number of ether oxygens (including phenoxy) is 2. The van der Waals surface area contributed by atoms with E-state index in [1.807, 2.05) is 6.92 Å². The minimum atomic E-state index is -2.27. The summed E-state index contributed by atoms with van der Waals surface area (Å²) in [6.45, 7) is 3.03. The lowest BCUT2D eigenvalue weighted by Gasteiger charge is -2.18. The number of nitrogens with zero attached hydrogens (tertiary/aromatic N) is 1. The summed E-state index contributed by atoms with van der Waals surface area (Å²) in [7, 11) is 0. The molecule has 0 aromatic heterocycles. The smallest absolute Gasteiger partial charge is 0.268 e. The van der Waals surface area contributed by atoms with Gasteiger partial charge in [0.1, 0.15) is 11.5 Å². The van der Waals surface area contributed by atoms with Crippen molar-refractivity contribution in [1.82, 2.24) is 0 Å². The van der Waals surface area contributed by atoms with Crippen LogP contribution in [0, 0.1) is 0 Å². The number of rotatable bonds is 6. The first-order valence-corrected chi connectivity index (χ1v) is 9.06. The fourth-order valence-electron chi connectivity index (χ4n) is 2.70. The average molecular weight is 360 g/mol. The lowest BCUT2D eigenvalue weighted by Crippen LogP contribution is -2.32. The molecule has 25 heavy (non-hydrogen) atoms. The number of hydrogen-bond donors (Lipinski definition) is 0. The van der Waals surface area contributed by atoms with Gasteiger partial charge in [-0.25, -0.2) is 0 Å². The number of hydrogen-bond acceptors (Lipinski definition) is 5. The highest BCUT2D eigenvalue weighted by Crippen LogP contribution is 2.26. The molecule has 1 amide bonds. The highest BCUT2D eigenvalue weighted by molar-refractivity contribution is 7.79. The second kappa shape index (κ2) is 7.67. The van der Waals surface area contributed by atoms with Gasteiger partial charge in [-0.2, -0.15) is 0 Å². The van der Waals surface area contributed by atoms with Crippen LogP contribution in [0.3, 0.4) is 0 Å². The standard InChI is InChI=1S/C18H19NO5S/c1-2-23-14-5-7-15(8-6-14)24-17-11-12-19(18(17)20)13-3-9-16(10-4-13)25(21)22/h3-10,17H,2,11-12H2,1H3,(H,21,22)/p-1. The van der Waals surface area contributed by atoms with Crippen LogP contribution in [0.15, 0.2) is 53.4 Å². The third-order valence-corrected chi connectivity index (χ3v) is 4.57. The van der Waals surface area contributed by atoms with E-state index in [9.17, 15) is 13.6 Å². The zero-order chi connectivity index (χ0) is 17.8. The van der Waals surface area contributed by atoms with E-state index in [0.717, 1.165) is 5.75 Å². The minimum Gasteiger partial charge on any atom is -0.768 e. The number of anilines is 1. The predicted octanol–water partition coefficient (Wildman–Crippen LogP) is 2.51. The molecule has 2 aromatic rings. The zero-order valence-corrected chi connectivity index (χ0v) is 14.5. The van der Waals surface area contributed by atoms with Crippen molar-refractivity contribution in [2.45, 2.75) is 24.3 Å². The van der Waals surface area contributed by atoms with Crippen LogP contribution in [0.2, 0.25) is 0 Å². The van der Waals surface area contributed by atoms with Gasteiger partial charge in [0.05, 0.1) is 6.61 Å². The van der Waals surface area contributed by atoms with Crippen molar-refractivity contribution in [2.24, 2.45) is 0 Å². The number of carbonyl (C=O) groups is 1. The monoisotopic (exact) mass is 360 g/mol. The Bertz CT molecular complexity index is 760. The Morgan fingerprint density at radius 1 is 1.12 bits per heavy atom. The minimum absolute atomic E-state index is 0.134. The first-order valence-electron chi connectivity index (χ1n) is 7.98. The molecule has 0 saturated carbocycles. The van der Waals surface area contributed by atoms with E-state index in [4.69, 9.17) is 9.47 Å². The van der Waals surface area contributed by atoms with Crippen LogP contribution in [-0.2, 0) is 15.9 Å². The van der Waals surface area contributed by atoms with Gasteiger partial charge in [0.25, 0.3) is 5.91 Å². The van der Waals surface area contributed by atoms with E-state index < -0.39 is 17.2 Å². The molecular formula is C18H18NO5S-. The first-order chi connectivity index (χ1) is 12.1. The Kier molecular flexibility index (Phi) is 5.35. The molecule has 2 unspecified atom stereocenters. The molecule has 3 rings (SSSR count). The summed E-state index contributed by atoms with van der Waals surface area (Å²) in [6, 6.07) is 13.4. The summed E-state index contributed by atoms with van der Waals surface area (Å²) in [4.78, 5) is 14.4. The molecule has 2 aromatic carbocycles. The van der Waals surface area contributed by atoms with Crippen molar-refractivity contribution < 1.29 is 23.0 Å². The molecule has 0 spiro atoms. The Hall–Kier alpha value is -2.38. The van der Waals surface area contributed by atoms with Crippen LogP contribution in [0.25, 0.3) is 0 Å². The van der Waals surface area contributed by atoms with Gasteiger partial charge in [0.15, 0.2) is 6.10 Å². The molecule has 0 N–H and O–H groups in total. The lowest BCUT2D eigenvalue weighted by molar-refractivity contribution is -0.122. The van der Waals surface area contributed by atoms with Gasteiger partial charge in [0, 0.05) is 23.5 Å². The molecule has 1 aliphatic heterocycles. The van der Waals surface area contributed by atoms with E-state index >= 15 is 0 Å². The van der Waals surface area contributed by atoms with Crippen molar-refractivity contribution in [3.8, 4) is 11.5 Å². The van der Waals surface area contributed by atoms with Crippen LogP contribution in [0.4, 0.5) is 5.69 Å². The number of benzene rings is 2. The van der Waals surface area contributed by atoms with Crippen LogP contribution in [0.5, 0.6) is 11.5 Å².